The lowest BCUT2D eigenvalue weighted by atomic mass is 10.1. The number of carbonyl (C=O) groups is 1. The number of amides is 1. The largest absolute Gasteiger partial charge is 0.443 e. The van der Waals surface area contributed by atoms with Crippen molar-refractivity contribution in [2.24, 2.45) is 0 Å². The summed E-state index contributed by atoms with van der Waals surface area (Å²) >= 11 is 6.48. The molecule has 0 radical (unpaired) electrons. The Morgan fingerprint density at radius 3 is 2.47 bits per heavy atom. The molecular formula is C27H41ClN5O9P. The highest BCUT2D eigenvalue weighted by molar-refractivity contribution is 7.54. The maximum atomic E-state index is 13.5. The predicted octanol–water partition coefficient (Wildman–Crippen LogP) is 5.43. The summed E-state index contributed by atoms with van der Waals surface area (Å²) in [5, 5.41) is 5.07. The summed E-state index contributed by atoms with van der Waals surface area (Å²) in [5.41, 5.74) is -0.348. The quantitative estimate of drug-likeness (QED) is 0.253. The molecule has 240 valence electrons. The number of ether oxygens (including phenoxy) is 5. The fourth-order valence-corrected chi connectivity index (χ4v) is 7.00. The minimum absolute atomic E-state index is 0.0171. The number of carbonyl (C=O) groups excluding carboxylic acids is 1. The van der Waals surface area contributed by atoms with E-state index in [0.29, 0.717) is 16.9 Å². The zero-order valence-corrected chi connectivity index (χ0v) is 27.5. The van der Waals surface area contributed by atoms with Crippen molar-refractivity contribution in [1.82, 2.24) is 19.7 Å². The summed E-state index contributed by atoms with van der Waals surface area (Å²) in [6, 6.07) is -0.106. The highest BCUT2D eigenvalue weighted by Gasteiger charge is 2.57. The third-order valence-electron chi connectivity index (χ3n) is 7.74. The van der Waals surface area contributed by atoms with E-state index < -0.39 is 55.5 Å². The van der Waals surface area contributed by atoms with Gasteiger partial charge in [0.15, 0.2) is 29.3 Å². The van der Waals surface area contributed by atoms with Crippen LogP contribution in [0.1, 0.15) is 73.5 Å². The Morgan fingerprint density at radius 1 is 1.19 bits per heavy atom. The number of hydrogen-bond acceptors (Lipinski definition) is 12. The van der Waals surface area contributed by atoms with E-state index in [1.54, 1.807) is 22.7 Å². The molecule has 0 spiro atoms. The van der Waals surface area contributed by atoms with Crippen LogP contribution in [0.4, 0.5) is 10.6 Å². The number of anilines is 1. The molecule has 2 aromatic rings. The summed E-state index contributed by atoms with van der Waals surface area (Å²) in [6.07, 6.45) is 2.15. The van der Waals surface area contributed by atoms with Gasteiger partial charge in [0.1, 0.15) is 23.9 Å². The Kier molecular flexibility index (Phi) is 9.16. The number of rotatable bonds is 9. The molecule has 1 unspecified atom stereocenters. The lowest BCUT2D eigenvalue weighted by Gasteiger charge is -2.31. The topological polar surface area (TPSA) is 146 Å². The molecule has 5 rings (SSSR count). The summed E-state index contributed by atoms with van der Waals surface area (Å²) in [5.74, 6) is -1.44. The SMILES string of the molecule is COP(=O)(OC)C(C)OC[C@H]1O[C@@H](n2ncc3c(N(C(=O)OC(C)(C)C)C4CCCC4)nc(Cl)nc32)[C@@H]2OC(C)(C)O[C@@H]21. The molecule has 16 heteroatoms. The second-order valence-electron chi connectivity index (χ2n) is 12.4. The average molecular weight is 646 g/mol. The minimum atomic E-state index is -3.47. The van der Waals surface area contributed by atoms with Gasteiger partial charge in [0.05, 0.1) is 18.2 Å². The molecule has 5 atom stereocenters. The van der Waals surface area contributed by atoms with E-state index in [1.165, 1.54) is 14.2 Å². The van der Waals surface area contributed by atoms with Crippen molar-refractivity contribution in [3.63, 3.8) is 0 Å². The van der Waals surface area contributed by atoms with Gasteiger partial charge < -0.3 is 32.7 Å². The third-order valence-corrected chi connectivity index (χ3v) is 9.96. The molecular weight excluding hydrogens is 605 g/mol. The number of hydrogen-bond donors (Lipinski definition) is 0. The van der Waals surface area contributed by atoms with Gasteiger partial charge in [-0.05, 0) is 66.0 Å². The maximum absolute atomic E-state index is 13.5. The van der Waals surface area contributed by atoms with Gasteiger partial charge in [-0.15, -0.1) is 0 Å². The predicted molar refractivity (Wildman–Crippen MR) is 156 cm³/mol. The first kappa shape index (κ1) is 32.5. The van der Waals surface area contributed by atoms with Gasteiger partial charge in [-0.1, -0.05) is 12.8 Å². The van der Waals surface area contributed by atoms with E-state index in [9.17, 15) is 9.36 Å². The van der Waals surface area contributed by atoms with Crippen LogP contribution in [0, 0.1) is 0 Å². The van der Waals surface area contributed by atoms with Crippen LogP contribution in [0.15, 0.2) is 6.20 Å². The zero-order chi connectivity index (χ0) is 31.3. The van der Waals surface area contributed by atoms with Crippen LogP contribution in [0.3, 0.4) is 0 Å². The molecule has 4 heterocycles. The summed E-state index contributed by atoms with van der Waals surface area (Å²) in [4.78, 5) is 24.1. The minimum Gasteiger partial charge on any atom is -0.443 e. The standard InChI is InChI=1S/C27H41ClN5O9P/c1-15(43(35,36-7)37-8)38-14-18-19-20(41-27(5,6)40-19)23(39-18)33-22-17(13-29-33)21(30-24(28)31-22)32(16-11-9-10-12-16)25(34)42-26(2,3)4/h13,15-16,18-20,23H,9-12,14H2,1-8H3/t15?,18-,19-,20-,23-/m1/s1. The van der Waals surface area contributed by atoms with Gasteiger partial charge in [0.2, 0.25) is 5.28 Å². The molecule has 1 aliphatic carbocycles. The van der Waals surface area contributed by atoms with Crippen molar-refractivity contribution in [2.75, 3.05) is 25.7 Å². The average Bonchev–Trinajstić information content (AvgIpc) is 3.70. The van der Waals surface area contributed by atoms with Crippen LogP contribution < -0.4 is 4.90 Å². The molecule has 43 heavy (non-hydrogen) atoms. The van der Waals surface area contributed by atoms with Crippen molar-refractivity contribution in [3.05, 3.63) is 11.5 Å². The van der Waals surface area contributed by atoms with Gasteiger partial charge in [-0.3, -0.25) is 9.46 Å². The highest BCUT2D eigenvalue weighted by atomic mass is 35.5. The normalized spacial score (nSPS) is 26.6. The van der Waals surface area contributed by atoms with Crippen LogP contribution in [-0.4, -0.2) is 88.3 Å². The van der Waals surface area contributed by atoms with E-state index in [-0.39, 0.29) is 17.9 Å². The first-order valence-electron chi connectivity index (χ1n) is 14.4. The molecule has 1 amide bonds. The zero-order valence-electron chi connectivity index (χ0n) is 25.8. The van der Waals surface area contributed by atoms with Crippen molar-refractivity contribution in [2.45, 2.75) is 115 Å². The van der Waals surface area contributed by atoms with Crippen LogP contribution in [0.5, 0.6) is 0 Å². The molecule has 3 aliphatic rings. The van der Waals surface area contributed by atoms with Gasteiger partial charge in [0, 0.05) is 20.3 Å². The van der Waals surface area contributed by atoms with Crippen molar-refractivity contribution < 1.29 is 42.1 Å². The lowest BCUT2D eigenvalue weighted by molar-refractivity contribution is -0.203. The van der Waals surface area contributed by atoms with Crippen LogP contribution in [0.25, 0.3) is 11.0 Å². The summed E-state index contributed by atoms with van der Waals surface area (Å²) in [7, 11) is -0.861. The second kappa shape index (κ2) is 12.1. The van der Waals surface area contributed by atoms with Gasteiger partial charge >= 0.3 is 13.7 Å². The monoisotopic (exact) mass is 645 g/mol. The Labute approximate surface area is 256 Å². The molecule has 3 fully saturated rings. The van der Waals surface area contributed by atoms with Crippen molar-refractivity contribution in [3.8, 4) is 0 Å². The Morgan fingerprint density at radius 2 is 1.84 bits per heavy atom. The van der Waals surface area contributed by atoms with E-state index in [0.717, 1.165) is 25.7 Å². The maximum Gasteiger partial charge on any atom is 0.416 e. The van der Waals surface area contributed by atoms with Crippen molar-refractivity contribution >= 4 is 42.1 Å². The van der Waals surface area contributed by atoms with Crippen molar-refractivity contribution in [1.29, 1.82) is 0 Å². The van der Waals surface area contributed by atoms with E-state index in [4.69, 9.17) is 44.3 Å². The molecule has 0 N–H and O–H groups in total. The van der Waals surface area contributed by atoms with Crippen LogP contribution in [-0.2, 0) is 37.3 Å². The third kappa shape index (κ3) is 6.57. The molecule has 2 aliphatic heterocycles. The molecule has 2 aromatic heterocycles. The molecule has 1 saturated carbocycles. The molecule has 14 nitrogen and oxygen atoms in total. The number of aromatic nitrogens is 4. The van der Waals surface area contributed by atoms with Gasteiger partial charge in [-0.25, -0.2) is 9.48 Å². The Hall–Kier alpha value is -1.90. The smallest absolute Gasteiger partial charge is 0.416 e. The number of fused-ring (bicyclic) bond motifs is 2. The van der Waals surface area contributed by atoms with Crippen LogP contribution in [0.2, 0.25) is 5.28 Å². The van der Waals surface area contributed by atoms with E-state index in [2.05, 4.69) is 15.1 Å². The Balaban J connectivity index is 1.49. The second-order valence-corrected chi connectivity index (χ2v) is 15.3. The van der Waals surface area contributed by atoms with Gasteiger partial charge in [0.25, 0.3) is 0 Å². The van der Waals surface area contributed by atoms with Crippen LogP contribution >= 0.6 is 19.2 Å². The Bertz CT molecular complexity index is 1370. The first-order valence-corrected chi connectivity index (χ1v) is 16.4. The fraction of sp³-hybridized carbons (Fsp3) is 0.778. The molecule has 2 saturated heterocycles. The molecule has 0 bridgehead atoms. The summed E-state index contributed by atoms with van der Waals surface area (Å²) in [6.45, 7) is 10.7. The lowest BCUT2D eigenvalue weighted by Crippen LogP contribution is -2.43. The molecule has 0 aromatic carbocycles. The van der Waals surface area contributed by atoms with Gasteiger partial charge in [-0.2, -0.15) is 15.1 Å². The number of nitrogens with zero attached hydrogens (tertiary/aromatic N) is 5. The highest BCUT2D eigenvalue weighted by Crippen LogP contribution is 2.52. The summed E-state index contributed by atoms with van der Waals surface area (Å²) < 4.78 is 55.0. The number of halogens is 1. The van der Waals surface area contributed by atoms with E-state index >= 15 is 0 Å². The van der Waals surface area contributed by atoms with E-state index in [1.807, 2.05) is 34.6 Å². The first-order chi connectivity index (χ1) is 20.2. The fourth-order valence-electron chi connectivity index (χ4n) is 5.82.